The zero-order valence-electron chi connectivity index (χ0n) is 15.4. The van der Waals surface area contributed by atoms with Gasteiger partial charge in [0.15, 0.2) is 5.16 Å². The first-order chi connectivity index (χ1) is 13.2. The second-order valence-electron chi connectivity index (χ2n) is 7.02. The fourth-order valence-electron chi connectivity index (χ4n) is 3.34. The Hall–Kier alpha value is -2.37. The van der Waals surface area contributed by atoms with Gasteiger partial charge in [0.05, 0.1) is 11.3 Å². The predicted octanol–water partition coefficient (Wildman–Crippen LogP) is 3.93. The first kappa shape index (κ1) is 18.0. The maximum Gasteiger partial charge on any atom is 0.256 e. The quantitative estimate of drug-likeness (QED) is 0.541. The van der Waals surface area contributed by atoms with E-state index in [9.17, 15) is 4.79 Å². The van der Waals surface area contributed by atoms with Crippen molar-refractivity contribution in [3.63, 3.8) is 0 Å². The minimum Gasteiger partial charge on any atom is -0.301 e. The number of fused-ring (bicyclic) bond motifs is 1. The van der Waals surface area contributed by atoms with Crippen LogP contribution in [0.4, 0.5) is 0 Å². The summed E-state index contributed by atoms with van der Waals surface area (Å²) in [6.45, 7) is 4.54. The first-order valence-corrected chi connectivity index (χ1v) is 10.2. The van der Waals surface area contributed by atoms with Gasteiger partial charge in [-0.1, -0.05) is 71.9 Å². The minimum atomic E-state index is 0.00386. The molecule has 0 saturated heterocycles. The molecule has 0 saturated carbocycles. The molecule has 2 heterocycles. The molecule has 1 aromatic heterocycles. The number of aromatic nitrogens is 2. The topological polar surface area (TPSA) is 49.0 Å². The summed E-state index contributed by atoms with van der Waals surface area (Å²) in [5, 5.41) is 0.718. The molecule has 0 spiro atoms. The van der Waals surface area contributed by atoms with E-state index >= 15 is 0 Å². The standard InChI is InChI=1S/C22H23N3OS/c1-16-7-9-18(10-8-16)15-27-22-23-20-11-12-25(14-19(20)21(26)24-22)13-17-5-3-2-4-6-17/h2-10H,11-15H2,1H3,(H,23,24,26). The van der Waals surface area contributed by atoms with Gasteiger partial charge in [-0.25, -0.2) is 4.98 Å². The molecular weight excluding hydrogens is 354 g/mol. The van der Waals surface area contributed by atoms with E-state index < -0.39 is 0 Å². The Morgan fingerprint density at radius 2 is 1.85 bits per heavy atom. The maximum atomic E-state index is 12.6. The first-order valence-electron chi connectivity index (χ1n) is 9.24. The smallest absolute Gasteiger partial charge is 0.256 e. The highest BCUT2D eigenvalue weighted by atomic mass is 32.2. The fraction of sp³-hybridized carbons (Fsp3) is 0.273. The van der Waals surface area contributed by atoms with Gasteiger partial charge in [-0.2, -0.15) is 0 Å². The van der Waals surface area contributed by atoms with Crippen LogP contribution >= 0.6 is 11.8 Å². The Morgan fingerprint density at radius 3 is 2.63 bits per heavy atom. The van der Waals surface area contributed by atoms with Crippen molar-refractivity contribution >= 4 is 11.8 Å². The highest BCUT2D eigenvalue weighted by molar-refractivity contribution is 7.98. The molecule has 27 heavy (non-hydrogen) atoms. The van der Waals surface area contributed by atoms with Crippen LogP contribution in [-0.4, -0.2) is 21.4 Å². The largest absolute Gasteiger partial charge is 0.301 e. The average Bonchev–Trinajstić information content (AvgIpc) is 2.69. The molecule has 2 aromatic carbocycles. The number of aryl methyl sites for hydroxylation is 1. The zero-order chi connectivity index (χ0) is 18.6. The summed E-state index contributed by atoms with van der Waals surface area (Å²) in [5.74, 6) is 0.808. The van der Waals surface area contributed by atoms with E-state index in [-0.39, 0.29) is 5.56 Å². The Labute approximate surface area is 163 Å². The normalized spacial score (nSPS) is 14.1. The molecule has 0 bridgehead atoms. The number of thioether (sulfide) groups is 1. The number of benzene rings is 2. The van der Waals surface area contributed by atoms with Crippen molar-refractivity contribution in [1.82, 2.24) is 14.9 Å². The Kier molecular flexibility index (Phi) is 5.41. The lowest BCUT2D eigenvalue weighted by molar-refractivity contribution is 0.241. The van der Waals surface area contributed by atoms with Crippen molar-refractivity contribution in [1.29, 1.82) is 0 Å². The van der Waals surface area contributed by atoms with Crippen LogP contribution in [-0.2, 0) is 25.3 Å². The molecule has 1 N–H and O–H groups in total. The molecule has 0 atom stereocenters. The molecule has 4 rings (SSSR count). The van der Waals surface area contributed by atoms with Crippen LogP contribution in [0.15, 0.2) is 64.5 Å². The molecule has 1 aliphatic rings. The molecule has 0 radical (unpaired) electrons. The monoisotopic (exact) mass is 377 g/mol. The van der Waals surface area contributed by atoms with Crippen LogP contribution in [0.1, 0.15) is 27.9 Å². The summed E-state index contributed by atoms with van der Waals surface area (Å²) in [7, 11) is 0. The molecule has 0 aliphatic carbocycles. The molecular formula is C22H23N3OS. The highest BCUT2D eigenvalue weighted by Gasteiger charge is 2.21. The van der Waals surface area contributed by atoms with Gasteiger partial charge >= 0.3 is 0 Å². The molecule has 138 valence electrons. The van der Waals surface area contributed by atoms with Crippen molar-refractivity contribution < 1.29 is 0 Å². The molecule has 1 aliphatic heterocycles. The third-order valence-corrected chi connectivity index (χ3v) is 5.82. The minimum absolute atomic E-state index is 0.00386. The van der Waals surface area contributed by atoms with Gasteiger partial charge < -0.3 is 4.98 Å². The lowest BCUT2D eigenvalue weighted by atomic mass is 10.1. The summed E-state index contributed by atoms with van der Waals surface area (Å²) in [5.41, 5.74) is 5.54. The van der Waals surface area contributed by atoms with Gasteiger partial charge in [0.1, 0.15) is 0 Å². The third kappa shape index (κ3) is 4.49. The van der Waals surface area contributed by atoms with Crippen LogP contribution in [0.5, 0.6) is 0 Å². The number of aromatic amines is 1. The third-order valence-electron chi connectivity index (χ3n) is 4.87. The van der Waals surface area contributed by atoms with E-state index in [0.29, 0.717) is 6.54 Å². The Bertz CT molecular complexity index is 967. The van der Waals surface area contributed by atoms with Crippen LogP contribution in [0.2, 0.25) is 0 Å². The van der Waals surface area contributed by atoms with E-state index in [1.807, 2.05) is 6.07 Å². The van der Waals surface area contributed by atoms with Crippen LogP contribution < -0.4 is 5.56 Å². The fourth-order valence-corrected chi connectivity index (χ4v) is 4.17. The lowest BCUT2D eigenvalue weighted by Gasteiger charge is -2.27. The van der Waals surface area contributed by atoms with Gasteiger partial charge in [-0.15, -0.1) is 0 Å². The van der Waals surface area contributed by atoms with Crippen LogP contribution in [0.25, 0.3) is 0 Å². The second-order valence-corrected chi connectivity index (χ2v) is 7.98. The average molecular weight is 378 g/mol. The summed E-state index contributed by atoms with van der Waals surface area (Å²) in [4.78, 5) is 22.6. The molecule has 0 fully saturated rings. The van der Waals surface area contributed by atoms with Crippen molar-refractivity contribution in [2.75, 3.05) is 6.54 Å². The predicted molar refractivity (Wildman–Crippen MR) is 110 cm³/mol. The lowest BCUT2D eigenvalue weighted by Crippen LogP contribution is -2.35. The molecule has 3 aromatic rings. The van der Waals surface area contributed by atoms with E-state index in [2.05, 4.69) is 65.3 Å². The van der Waals surface area contributed by atoms with Crippen LogP contribution in [0.3, 0.4) is 0 Å². The zero-order valence-corrected chi connectivity index (χ0v) is 16.3. The summed E-state index contributed by atoms with van der Waals surface area (Å²) >= 11 is 1.59. The highest BCUT2D eigenvalue weighted by Crippen LogP contribution is 2.22. The molecule has 0 unspecified atom stereocenters. The van der Waals surface area contributed by atoms with Gasteiger partial charge in [0, 0.05) is 31.8 Å². The van der Waals surface area contributed by atoms with Gasteiger partial charge in [0.2, 0.25) is 0 Å². The maximum absolute atomic E-state index is 12.6. The molecule has 0 amide bonds. The number of nitrogens with zero attached hydrogens (tertiary/aromatic N) is 2. The van der Waals surface area contributed by atoms with E-state index in [1.165, 1.54) is 16.7 Å². The van der Waals surface area contributed by atoms with E-state index in [0.717, 1.165) is 41.7 Å². The van der Waals surface area contributed by atoms with Crippen molar-refractivity contribution in [3.05, 3.63) is 92.9 Å². The SMILES string of the molecule is Cc1ccc(CSc2nc3c(c(=O)[nH]2)CN(Cc2ccccc2)CC3)cc1. The summed E-state index contributed by atoms with van der Waals surface area (Å²) in [6, 6.07) is 18.9. The number of hydrogen-bond donors (Lipinski definition) is 1. The van der Waals surface area contributed by atoms with Gasteiger partial charge in [-0.3, -0.25) is 9.69 Å². The number of nitrogens with one attached hydrogen (secondary N) is 1. The molecule has 4 nitrogen and oxygen atoms in total. The summed E-state index contributed by atoms with van der Waals surface area (Å²) in [6.07, 6.45) is 0.824. The summed E-state index contributed by atoms with van der Waals surface area (Å²) < 4.78 is 0. The Balaban J connectivity index is 1.44. The van der Waals surface area contributed by atoms with Crippen molar-refractivity contribution in [3.8, 4) is 0 Å². The molecule has 5 heteroatoms. The number of H-pyrrole nitrogens is 1. The van der Waals surface area contributed by atoms with Crippen LogP contribution in [0, 0.1) is 6.92 Å². The van der Waals surface area contributed by atoms with Crippen molar-refractivity contribution in [2.24, 2.45) is 0 Å². The van der Waals surface area contributed by atoms with E-state index in [1.54, 1.807) is 11.8 Å². The number of rotatable bonds is 5. The Morgan fingerprint density at radius 1 is 1.07 bits per heavy atom. The van der Waals surface area contributed by atoms with Gasteiger partial charge in [0.25, 0.3) is 5.56 Å². The van der Waals surface area contributed by atoms with Gasteiger partial charge in [-0.05, 0) is 18.1 Å². The second kappa shape index (κ2) is 8.11. The van der Waals surface area contributed by atoms with Crippen molar-refractivity contribution in [2.45, 2.75) is 37.3 Å². The number of hydrogen-bond acceptors (Lipinski definition) is 4. The van der Waals surface area contributed by atoms with E-state index in [4.69, 9.17) is 4.98 Å².